The topological polar surface area (TPSA) is 413 Å². The lowest BCUT2D eigenvalue weighted by Gasteiger charge is -2.31. The van der Waals surface area contributed by atoms with Crippen LogP contribution < -0.4 is 64.2 Å². The Balaban J connectivity index is 1.86. The number of primary amides is 1. The lowest BCUT2D eigenvalue weighted by atomic mass is 9.94. The van der Waals surface area contributed by atoms with Crippen molar-refractivity contribution in [2.24, 2.45) is 29.4 Å². The van der Waals surface area contributed by atoms with Crippen molar-refractivity contribution >= 4 is 82.5 Å². The second kappa shape index (κ2) is 37.3. The number of carbonyl (C=O) groups excluding carboxylic acids is 12. The number of benzene rings is 2. The Hall–Kier alpha value is -7.75. The van der Waals surface area contributed by atoms with E-state index in [1.165, 1.54) is 13.8 Å². The number of hydrogen-bond donors (Lipinski definition) is 14. The summed E-state index contributed by atoms with van der Waals surface area (Å²) >= 11 is 6.07. The quantitative estimate of drug-likeness (QED) is 0.0389. The molecule has 16 atom stereocenters. The molecule has 28 heteroatoms. The first-order chi connectivity index (χ1) is 42.1. The molecule has 0 aromatic heterocycles. The van der Waals surface area contributed by atoms with Gasteiger partial charge in [-0.1, -0.05) is 135 Å². The van der Waals surface area contributed by atoms with E-state index in [4.69, 9.17) is 22.1 Å². The van der Waals surface area contributed by atoms with Crippen molar-refractivity contribution in [2.45, 2.75) is 193 Å². The lowest BCUT2D eigenvalue weighted by molar-refractivity contribution is -0.157. The van der Waals surface area contributed by atoms with E-state index in [1.807, 2.05) is 30.3 Å². The molecule has 0 aliphatic carbocycles. The van der Waals surface area contributed by atoms with E-state index in [9.17, 15) is 67.7 Å². The number of amides is 11. The van der Waals surface area contributed by atoms with Crippen LogP contribution in [-0.4, -0.2) is 174 Å². The van der Waals surface area contributed by atoms with Gasteiger partial charge >= 0.3 is 5.97 Å². The first-order valence-electron chi connectivity index (χ1n) is 30.3. The van der Waals surface area contributed by atoms with E-state index in [0.29, 0.717) is 29.8 Å². The lowest BCUT2D eigenvalue weighted by Crippen LogP contribution is -2.63. The van der Waals surface area contributed by atoms with Crippen LogP contribution in [-0.2, 0) is 75.1 Å². The van der Waals surface area contributed by atoms with Crippen LogP contribution in [0.5, 0.6) is 0 Å². The SMILES string of the molecule is CC[C@@H](C)[C@@H](NC(=O)[C@@H](CCC(N)=O)NC(=O)[C@H](CO)NC(=O)[C@@H](NC(=O)[C@@H](Cc1ccccc1)NC)[C@@H](C)CC)C(=O)N[C@H](C(=O)N[C@@H](CO)C(=O)N[C@H]1C(=O)N[C@@H](C)C(=O)N[C@@H](Cc2ccc(Cl)cc2)C(=O)N[C@@H]([C@@H](C)CC)C(=O)O[C@H]1C)[C@@H](C)CC. The molecule has 3 rings (SSSR count). The number of cyclic esters (lactones) is 1. The third-order valence-corrected chi connectivity index (χ3v) is 16.4. The van der Waals surface area contributed by atoms with Crippen LogP contribution in [0.25, 0.3) is 0 Å². The molecule has 1 aliphatic heterocycles. The molecule has 494 valence electrons. The number of nitrogens with two attached hydrogens (primary N) is 1. The van der Waals surface area contributed by atoms with E-state index < -0.39 is 193 Å². The van der Waals surface area contributed by atoms with Crippen molar-refractivity contribution in [2.75, 3.05) is 20.3 Å². The zero-order valence-electron chi connectivity index (χ0n) is 52.7. The van der Waals surface area contributed by atoms with Gasteiger partial charge in [0.1, 0.15) is 66.5 Å². The molecule has 89 heavy (non-hydrogen) atoms. The molecular weight excluding hydrogens is 1180 g/mol. The summed E-state index contributed by atoms with van der Waals surface area (Å²) in [4.78, 5) is 166. The first kappa shape index (κ1) is 75.5. The summed E-state index contributed by atoms with van der Waals surface area (Å²) < 4.78 is 5.74. The van der Waals surface area contributed by atoms with Gasteiger partial charge in [-0.3, -0.25) is 52.7 Å². The second-order valence-corrected chi connectivity index (χ2v) is 23.3. The van der Waals surface area contributed by atoms with E-state index in [2.05, 4.69) is 58.5 Å². The summed E-state index contributed by atoms with van der Waals surface area (Å²) in [5.41, 5.74) is 6.92. The average molecular weight is 1270 g/mol. The monoisotopic (exact) mass is 1270 g/mol. The van der Waals surface area contributed by atoms with Crippen molar-refractivity contribution in [3.8, 4) is 0 Å². The highest BCUT2D eigenvalue weighted by molar-refractivity contribution is 6.30. The number of halogens is 1. The first-order valence-corrected chi connectivity index (χ1v) is 30.7. The maximum Gasteiger partial charge on any atom is 0.329 e. The fourth-order valence-corrected chi connectivity index (χ4v) is 9.53. The molecule has 11 amide bonds. The van der Waals surface area contributed by atoms with Gasteiger partial charge in [-0.25, -0.2) is 4.79 Å². The summed E-state index contributed by atoms with van der Waals surface area (Å²) in [6.45, 7) is 14.1. The molecule has 0 saturated carbocycles. The molecule has 1 saturated heterocycles. The number of carbonyl (C=O) groups is 12. The third kappa shape index (κ3) is 23.3. The zero-order chi connectivity index (χ0) is 66.8. The van der Waals surface area contributed by atoms with Crippen molar-refractivity contribution in [3.05, 3.63) is 70.7 Å². The molecule has 0 unspecified atom stereocenters. The Morgan fingerprint density at radius 2 is 1.04 bits per heavy atom. The number of aliphatic hydroxyl groups excluding tert-OH is 2. The van der Waals surface area contributed by atoms with Crippen LogP contribution in [0.15, 0.2) is 54.6 Å². The molecule has 1 fully saturated rings. The van der Waals surface area contributed by atoms with Crippen LogP contribution in [0.3, 0.4) is 0 Å². The Morgan fingerprint density at radius 3 is 1.53 bits per heavy atom. The fraction of sp³-hybridized carbons (Fsp3) is 0.607. The van der Waals surface area contributed by atoms with Gasteiger partial charge in [0.15, 0.2) is 0 Å². The molecular formula is C61H93ClN12O15. The predicted octanol–water partition coefficient (Wildman–Crippen LogP) is -1.04. The summed E-state index contributed by atoms with van der Waals surface area (Å²) in [5.74, 6) is -13.2. The fourth-order valence-electron chi connectivity index (χ4n) is 9.40. The van der Waals surface area contributed by atoms with Crippen molar-refractivity contribution < 1.29 is 72.5 Å². The third-order valence-electron chi connectivity index (χ3n) is 16.1. The highest BCUT2D eigenvalue weighted by Crippen LogP contribution is 2.18. The normalized spacial score (nSPS) is 21.0. The summed E-state index contributed by atoms with van der Waals surface area (Å²) in [5, 5.41) is 49.9. The largest absolute Gasteiger partial charge is 0.458 e. The molecule has 2 aromatic carbocycles. The van der Waals surface area contributed by atoms with Gasteiger partial charge in [0.2, 0.25) is 65.0 Å². The minimum atomic E-state index is -1.82. The Morgan fingerprint density at radius 1 is 0.573 bits per heavy atom. The molecule has 2 aromatic rings. The Labute approximate surface area is 525 Å². The summed E-state index contributed by atoms with van der Waals surface area (Å²) in [7, 11) is 1.60. The van der Waals surface area contributed by atoms with E-state index in [-0.39, 0.29) is 19.3 Å². The molecule has 27 nitrogen and oxygen atoms in total. The van der Waals surface area contributed by atoms with Gasteiger partial charge in [-0.15, -0.1) is 0 Å². The summed E-state index contributed by atoms with van der Waals surface area (Å²) in [6, 6.07) is 0.133. The number of aliphatic hydroxyl groups is 2. The zero-order valence-corrected chi connectivity index (χ0v) is 53.4. The van der Waals surface area contributed by atoms with Crippen LogP contribution in [0.2, 0.25) is 5.02 Å². The Kier molecular flexibility index (Phi) is 31.6. The smallest absolute Gasteiger partial charge is 0.329 e. The van der Waals surface area contributed by atoms with Crippen LogP contribution >= 0.6 is 11.6 Å². The molecule has 1 aliphatic rings. The number of nitrogens with one attached hydrogen (secondary N) is 11. The van der Waals surface area contributed by atoms with Crippen LogP contribution in [0.4, 0.5) is 0 Å². The molecule has 0 radical (unpaired) electrons. The average Bonchev–Trinajstić information content (AvgIpc) is 3.87. The Bertz CT molecular complexity index is 2740. The van der Waals surface area contributed by atoms with Crippen molar-refractivity contribution in [1.29, 1.82) is 0 Å². The van der Waals surface area contributed by atoms with Gasteiger partial charge in [0.05, 0.1) is 19.3 Å². The number of likely N-dealkylation sites (N-methyl/N-ethyl adjacent to an activating group) is 1. The minimum absolute atomic E-state index is 0.0312. The highest BCUT2D eigenvalue weighted by Gasteiger charge is 2.41. The van der Waals surface area contributed by atoms with Gasteiger partial charge in [-0.05, 0) is 80.7 Å². The van der Waals surface area contributed by atoms with Crippen LogP contribution in [0, 0.1) is 23.7 Å². The molecule has 15 N–H and O–H groups in total. The molecule has 1 heterocycles. The predicted molar refractivity (Wildman–Crippen MR) is 329 cm³/mol. The van der Waals surface area contributed by atoms with Gasteiger partial charge in [0, 0.05) is 17.9 Å². The number of rotatable bonds is 32. The van der Waals surface area contributed by atoms with Crippen LogP contribution in [0.1, 0.15) is 119 Å². The van der Waals surface area contributed by atoms with Gasteiger partial charge in [0.25, 0.3) is 0 Å². The van der Waals surface area contributed by atoms with Crippen molar-refractivity contribution in [1.82, 2.24) is 58.5 Å². The standard InChI is InChI=1S/C61H93ClN12O15/c1-12-31(5)46(71-53(80)41(64-11)27-37-19-17-16-18-20-37)57(84)68-43(29-75)55(82)66-40(25-26-45(63)77)52(79)70-48(33(7)14-3)59(86)72-47(32(6)13-2)58(85)69-44(30-76)56(83)74-50-36(10)89-61(88)49(34(8)15-4)73-54(81)42(28-38-21-23-39(62)24-22-38)67-51(78)35(9)65-60(50)87/h16-24,31-36,40-44,46-50,64,75-76H,12-15,25-30H2,1-11H3,(H2,63,77)(H,65,87)(H,66,82)(H,67,78)(H,68,84)(H,69,85)(H,70,79)(H,71,80)(H,72,86)(H,73,81)(H,74,83)/t31-,32-,33+,34-,35-,36-,40+,41+,42-,43-,44-,46-,47-,48+,49-,50+/m0/s1. The molecule has 0 spiro atoms. The van der Waals surface area contributed by atoms with Crippen molar-refractivity contribution in [3.63, 3.8) is 0 Å². The van der Waals surface area contributed by atoms with Gasteiger partial charge in [-0.2, -0.15) is 0 Å². The number of ether oxygens (including phenoxy) is 1. The second-order valence-electron chi connectivity index (χ2n) is 22.8. The number of esters is 1. The highest BCUT2D eigenvalue weighted by atomic mass is 35.5. The maximum atomic E-state index is 14.4. The minimum Gasteiger partial charge on any atom is -0.458 e. The van der Waals surface area contributed by atoms with E-state index in [0.717, 1.165) is 5.56 Å². The summed E-state index contributed by atoms with van der Waals surface area (Å²) in [6.07, 6.45) is -0.770. The van der Waals surface area contributed by atoms with Gasteiger partial charge < -0.3 is 79.2 Å². The van der Waals surface area contributed by atoms with E-state index >= 15 is 0 Å². The molecule has 0 bridgehead atoms. The maximum absolute atomic E-state index is 14.4. The number of hydrogen-bond acceptors (Lipinski definition) is 16. The van der Waals surface area contributed by atoms with E-state index in [1.54, 1.807) is 86.7 Å².